The van der Waals surface area contributed by atoms with Crippen molar-refractivity contribution in [3.05, 3.63) is 47.0 Å². The highest BCUT2D eigenvalue weighted by Crippen LogP contribution is 2.24. The van der Waals surface area contributed by atoms with Gasteiger partial charge in [-0.05, 0) is 18.1 Å². The van der Waals surface area contributed by atoms with Gasteiger partial charge in [0.05, 0.1) is 11.4 Å². The molecule has 2 heterocycles. The van der Waals surface area contributed by atoms with Crippen LogP contribution in [-0.2, 0) is 19.4 Å². The number of halogens is 2. The smallest absolute Gasteiger partial charge is 0.160 e. The highest BCUT2D eigenvalue weighted by molar-refractivity contribution is 5.39. The molecule has 0 radical (unpaired) electrons. The highest BCUT2D eigenvalue weighted by Gasteiger charge is 2.21. The Balaban J connectivity index is 2.13. The molecule has 1 aromatic heterocycles. The molecule has 1 aliphatic rings. The topological polar surface area (TPSA) is 29.9 Å². The van der Waals surface area contributed by atoms with Crippen molar-refractivity contribution in [1.29, 1.82) is 0 Å². The average Bonchev–Trinajstić information content (AvgIpc) is 2.79. The van der Waals surface area contributed by atoms with Crippen molar-refractivity contribution in [2.45, 2.75) is 33.2 Å². The minimum atomic E-state index is -0.820. The quantitative estimate of drug-likeness (QED) is 0.942. The van der Waals surface area contributed by atoms with Gasteiger partial charge in [0.15, 0.2) is 11.6 Å². The van der Waals surface area contributed by atoms with Gasteiger partial charge in [-0.2, -0.15) is 0 Å². The van der Waals surface area contributed by atoms with E-state index in [0.29, 0.717) is 11.6 Å². The number of benzene rings is 1. The van der Waals surface area contributed by atoms with Crippen LogP contribution in [0.4, 0.5) is 8.78 Å². The number of hydrogen-bond acceptors (Lipinski definition) is 2. The molecule has 0 saturated carbocycles. The van der Waals surface area contributed by atoms with E-state index >= 15 is 0 Å². The van der Waals surface area contributed by atoms with Crippen LogP contribution >= 0.6 is 0 Å². The van der Waals surface area contributed by atoms with Crippen LogP contribution in [0.5, 0.6) is 0 Å². The maximum absolute atomic E-state index is 13.6. The summed E-state index contributed by atoms with van der Waals surface area (Å²) in [6.45, 7) is 5.86. The van der Waals surface area contributed by atoms with Crippen molar-refractivity contribution in [2.75, 3.05) is 6.54 Å². The van der Waals surface area contributed by atoms with Crippen molar-refractivity contribution < 1.29 is 8.78 Å². The molecule has 1 N–H and O–H groups in total. The second-order valence-corrected chi connectivity index (χ2v) is 5.88. The first-order valence-electron chi connectivity index (χ1n) is 7.31. The molecule has 0 aliphatic carbocycles. The van der Waals surface area contributed by atoms with Gasteiger partial charge < -0.3 is 9.88 Å². The Labute approximate surface area is 123 Å². The van der Waals surface area contributed by atoms with Crippen molar-refractivity contribution in [2.24, 2.45) is 5.92 Å². The first-order valence-corrected chi connectivity index (χ1v) is 7.31. The SMILES string of the molecule is CC(C)Cc1nc2c(n1-c1ccc(F)c(F)c1)CCNC2. The number of nitrogens with one attached hydrogen (secondary N) is 1. The molecule has 112 valence electrons. The van der Waals surface area contributed by atoms with Gasteiger partial charge in [0.25, 0.3) is 0 Å². The van der Waals surface area contributed by atoms with Gasteiger partial charge in [0.1, 0.15) is 5.82 Å². The number of fused-ring (bicyclic) bond motifs is 1. The summed E-state index contributed by atoms with van der Waals surface area (Å²) in [6.07, 6.45) is 1.66. The largest absolute Gasteiger partial charge is 0.311 e. The third-order valence-corrected chi connectivity index (χ3v) is 3.71. The van der Waals surface area contributed by atoms with Gasteiger partial charge in [0.2, 0.25) is 0 Å². The minimum absolute atomic E-state index is 0.450. The number of rotatable bonds is 3. The van der Waals surface area contributed by atoms with Crippen LogP contribution in [0.1, 0.15) is 31.1 Å². The second-order valence-electron chi connectivity index (χ2n) is 5.88. The molecule has 2 aromatic rings. The van der Waals surface area contributed by atoms with Gasteiger partial charge in [0, 0.05) is 37.7 Å². The van der Waals surface area contributed by atoms with Crippen LogP contribution in [-0.4, -0.2) is 16.1 Å². The van der Waals surface area contributed by atoms with Crippen LogP contribution in [0, 0.1) is 17.6 Å². The zero-order chi connectivity index (χ0) is 15.0. The normalized spacial score (nSPS) is 14.5. The molecule has 5 heteroatoms. The molecule has 0 atom stereocenters. The molecule has 0 amide bonds. The van der Waals surface area contributed by atoms with E-state index in [1.165, 1.54) is 12.1 Å². The van der Waals surface area contributed by atoms with Crippen molar-refractivity contribution in [1.82, 2.24) is 14.9 Å². The molecule has 1 aliphatic heterocycles. The number of aromatic nitrogens is 2. The maximum atomic E-state index is 13.6. The van der Waals surface area contributed by atoms with E-state index < -0.39 is 11.6 Å². The first-order chi connectivity index (χ1) is 10.1. The molecule has 21 heavy (non-hydrogen) atoms. The zero-order valence-electron chi connectivity index (χ0n) is 12.3. The molecule has 0 bridgehead atoms. The molecule has 3 rings (SSSR count). The predicted molar refractivity (Wildman–Crippen MR) is 77.4 cm³/mol. The molecule has 1 aromatic carbocycles. The van der Waals surface area contributed by atoms with E-state index in [-0.39, 0.29) is 0 Å². The van der Waals surface area contributed by atoms with E-state index in [1.54, 1.807) is 6.07 Å². The van der Waals surface area contributed by atoms with E-state index in [2.05, 4.69) is 19.2 Å². The van der Waals surface area contributed by atoms with E-state index in [4.69, 9.17) is 4.98 Å². The third kappa shape index (κ3) is 2.70. The van der Waals surface area contributed by atoms with E-state index in [1.807, 2.05) is 4.57 Å². The zero-order valence-corrected chi connectivity index (χ0v) is 12.3. The second kappa shape index (κ2) is 5.56. The Morgan fingerprint density at radius 3 is 2.81 bits per heavy atom. The summed E-state index contributed by atoms with van der Waals surface area (Å²) in [6, 6.07) is 4.05. The Kier molecular flexibility index (Phi) is 3.76. The monoisotopic (exact) mass is 291 g/mol. The average molecular weight is 291 g/mol. The molecule has 0 spiro atoms. The summed E-state index contributed by atoms with van der Waals surface area (Å²) < 4.78 is 28.8. The van der Waals surface area contributed by atoms with Crippen molar-refractivity contribution in [3.8, 4) is 5.69 Å². The van der Waals surface area contributed by atoms with Crippen molar-refractivity contribution >= 4 is 0 Å². The van der Waals surface area contributed by atoms with Crippen LogP contribution in [0.3, 0.4) is 0 Å². The van der Waals surface area contributed by atoms with Gasteiger partial charge in [-0.1, -0.05) is 13.8 Å². The number of hydrogen-bond donors (Lipinski definition) is 1. The fraction of sp³-hybridized carbons (Fsp3) is 0.438. The van der Waals surface area contributed by atoms with Gasteiger partial charge in [-0.25, -0.2) is 13.8 Å². The predicted octanol–water partition coefficient (Wildman–Crippen LogP) is 2.99. The Hall–Kier alpha value is -1.75. The summed E-state index contributed by atoms with van der Waals surface area (Å²) in [7, 11) is 0. The fourth-order valence-electron chi connectivity index (χ4n) is 2.80. The first kappa shape index (κ1) is 14.2. The molecule has 0 saturated heterocycles. The molecule has 0 unspecified atom stereocenters. The van der Waals surface area contributed by atoms with Gasteiger partial charge in [-0.3, -0.25) is 0 Å². The van der Waals surface area contributed by atoms with E-state index in [9.17, 15) is 8.78 Å². The third-order valence-electron chi connectivity index (χ3n) is 3.71. The summed E-state index contributed by atoms with van der Waals surface area (Å²) in [5.74, 6) is -0.269. The summed E-state index contributed by atoms with van der Waals surface area (Å²) in [5.41, 5.74) is 2.78. The summed E-state index contributed by atoms with van der Waals surface area (Å²) in [5, 5.41) is 3.30. The standard InChI is InChI=1S/C16H19F2N3/c1-10(2)7-16-20-14-9-19-6-5-15(14)21(16)11-3-4-12(17)13(18)8-11/h3-4,8,10,19H,5-7,9H2,1-2H3. The van der Waals surface area contributed by atoms with Crippen LogP contribution in [0.15, 0.2) is 18.2 Å². The Bertz CT molecular complexity index is 662. The molecule has 0 fully saturated rings. The summed E-state index contributed by atoms with van der Waals surface area (Å²) >= 11 is 0. The maximum Gasteiger partial charge on any atom is 0.160 e. The van der Waals surface area contributed by atoms with Crippen LogP contribution in [0.2, 0.25) is 0 Å². The van der Waals surface area contributed by atoms with Gasteiger partial charge >= 0.3 is 0 Å². The Morgan fingerprint density at radius 2 is 2.10 bits per heavy atom. The molecular formula is C16H19F2N3. The Morgan fingerprint density at radius 1 is 1.29 bits per heavy atom. The lowest BCUT2D eigenvalue weighted by molar-refractivity contribution is 0.507. The molecular weight excluding hydrogens is 272 g/mol. The summed E-state index contributed by atoms with van der Waals surface area (Å²) in [4.78, 5) is 4.70. The van der Waals surface area contributed by atoms with Crippen molar-refractivity contribution in [3.63, 3.8) is 0 Å². The fourth-order valence-corrected chi connectivity index (χ4v) is 2.80. The van der Waals surface area contributed by atoms with E-state index in [0.717, 1.165) is 43.1 Å². The number of nitrogens with zero attached hydrogens (tertiary/aromatic N) is 2. The van der Waals surface area contributed by atoms with Crippen LogP contribution in [0.25, 0.3) is 5.69 Å². The lowest BCUT2D eigenvalue weighted by atomic mass is 10.1. The minimum Gasteiger partial charge on any atom is -0.311 e. The molecule has 3 nitrogen and oxygen atoms in total. The lowest BCUT2D eigenvalue weighted by Gasteiger charge is -2.17. The lowest BCUT2D eigenvalue weighted by Crippen LogP contribution is -2.24. The van der Waals surface area contributed by atoms with Gasteiger partial charge in [-0.15, -0.1) is 0 Å². The van der Waals surface area contributed by atoms with Crippen LogP contribution < -0.4 is 5.32 Å². The number of imidazole rings is 1. The highest BCUT2D eigenvalue weighted by atomic mass is 19.2.